The van der Waals surface area contributed by atoms with E-state index in [2.05, 4.69) is 10.3 Å². The first kappa shape index (κ1) is 17.0. The fourth-order valence-electron chi connectivity index (χ4n) is 2.18. The van der Waals surface area contributed by atoms with E-state index in [1.807, 2.05) is 0 Å². The number of methoxy groups -OCH3 is 2. The van der Waals surface area contributed by atoms with Gasteiger partial charge >= 0.3 is 5.97 Å². The van der Waals surface area contributed by atoms with Gasteiger partial charge in [0.05, 0.1) is 32.0 Å². The normalized spacial score (nSPS) is 10.4. The summed E-state index contributed by atoms with van der Waals surface area (Å²) in [6.07, 6.45) is 0. The zero-order valence-electron chi connectivity index (χ0n) is 13.0. The molecule has 0 spiro atoms. The molecule has 0 bridgehead atoms. The molecule has 1 amide bonds. The van der Waals surface area contributed by atoms with Crippen molar-refractivity contribution in [2.45, 2.75) is 6.92 Å². The second kappa shape index (κ2) is 7.23. The number of hydrogen-bond donors (Lipinski definition) is 2. The third-order valence-electron chi connectivity index (χ3n) is 3.17. The molecule has 0 radical (unpaired) electrons. The van der Waals surface area contributed by atoms with Crippen molar-refractivity contribution in [2.75, 3.05) is 32.0 Å². The first-order valence-electron chi connectivity index (χ1n) is 6.86. The molecule has 0 saturated heterocycles. The molecule has 1 heterocycles. The minimum Gasteiger partial charge on any atom is -0.493 e. The van der Waals surface area contributed by atoms with E-state index in [0.717, 1.165) is 0 Å². The van der Waals surface area contributed by atoms with Crippen LogP contribution in [0.25, 0.3) is 10.9 Å². The van der Waals surface area contributed by atoms with Crippen molar-refractivity contribution in [1.82, 2.24) is 4.98 Å². The smallest absolute Gasteiger partial charge is 0.356 e. The highest BCUT2D eigenvalue weighted by Gasteiger charge is 2.22. The number of fused-ring (bicyclic) bond motifs is 1. The van der Waals surface area contributed by atoms with Crippen LogP contribution in [0.15, 0.2) is 12.1 Å². The number of carbonyl (C=O) groups excluding carboxylic acids is 2. The topological polar surface area (TPSA) is 89.7 Å². The number of nitrogens with one attached hydrogen (secondary N) is 2. The highest BCUT2D eigenvalue weighted by atomic mass is 35.5. The number of rotatable bonds is 6. The lowest BCUT2D eigenvalue weighted by Gasteiger charge is -2.08. The molecule has 1 aromatic heterocycles. The van der Waals surface area contributed by atoms with Gasteiger partial charge in [-0.3, -0.25) is 4.79 Å². The van der Waals surface area contributed by atoms with Gasteiger partial charge in [-0.15, -0.1) is 11.6 Å². The molecule has 0 fully saturated rings. The summed E-state index contributed by atoms with van der Waals surface area (Å²) in [7, 11) is 3.01. The average molecular weight is 341 g/mol. The molecule has 7 nitrogen and oxygen atoms in total. The third kappa shape index (κ3) is 3.34. The van der Waals surface area contributed by atoms with Crippen molar-refractivity contribution in [3.63, 3.8) is 0 Å². The summed E-state index contributed by atoms with van der Waals surface area (Å²) >= 11 is 5.54. The van der Waals surface area contributed by atoms with Crippen molar-refractivity contribution >= 4 is 40.1 Å². The Bertz CT molecular complexity index is 741. The lowest BCUT2D eigenvalue weighted by Crippen LogP contribution is -2.16. The van der Waals surface area contributed by atoms with E-state index < -0.39 is 11.9 Å². The fourth-order valence-corrected chi connectivity index (χ4v) is 2.25. The highest BCUT2D eigenvalue weighted by molar-refractivity contribution is 6.29. The van der Waals surface area contributed by atoms with Gasteiger partial charge in [0.1, 0.15) is 11.6 Å². The molecule has 2 rings (SSSR count). The number of benzene rings is 1. The Morgan fingerprint density at radius 1 is 1.22 bits per heavy atom. The predicted octanol–water partition coefficient (Wildman–Crippen LogP) is 2.54. The molecule has 2 N–H and O–H groups in total. The predicted molar refractivity (Wildman–Crippen MR) is 86.7 cm³/mol. The number of anilines is 1. The first-order chi connectivity index (χ1) is 11.0. The van der Waals surface area contributed by atoms with E-state index in [1.165, 1.54) is 14.2 Å². The second-order valence-electron chi connectivity index (χ2n) is 4.53. The molecule has 0 atom stereocenters. The van der Waals surface area contributed by atoms with Gasteiger partial charge in [-0.25, -0.2) is 4.79 Å². The Morgan fingerprint density at radius 2 is 1.87 bits per heavy atom. The van der Waals surface area contributed by atoms with E-state index >= 15 is 0 Å². The summed E-state index contributed by atoms with van der Waals surface area (Å²) in [5.74, 6) is -0.288. The average Bonchev–Trinajstić information content (AvgIpc) is 2.91. The van der Waals surface area contributed by atoms with Crippen LogP contribution in [0, 0.1) is 0 Å². The quantitative estimate of drug-likeness (QED) is 0.623. The van der Waals surface area contributed by atoms with Crippen LogP contribution in [-0.2, 0) is 9.53 Å². The molecule has 0 unspecified atom stereocenters. The zero-order chi connectivity index (χ0) is 17.0. The van der Waals surface area contributed by atoms with Crippen LogP contribution in [0.5, 0.6) is 11.5 Å². The van der Waals surface area contributed by atoms with E-state index in [1.54, 1.807) is 19.1 Å². The summed E-state index contributed by atoms with van der Waals surface area (Å²) < 4.78 is 15.5. The number of halogens is 1. The van der Waals surface area contributed by atoms with Crippen LogP contribution in [0.1, 0.15) is 17.4 Å². The molecular weight excluding hydrogens is 324 g/mol. The molecule has 0 aliphatic rings. The number of hydrogen-bond acceptors (Lipinski definition) is 5. The van der Waals surface area contributed by atoms with Gasteiger partial charge in [-0.1, -0.05) is 0 Å². The van der Waals surface area contributed by atoms with Crippen LogP contribution in [0.4, 0.5) is 5.69 Å². The molecule has 0 aliphatic carbocycles. The SMILES string of the molecule is CCOC(=O)c1[nH]c2cc(OC)c(OC)cc2c1NC(=O)CCl. The first-order valence-corrected chi connectivity index (χ1v) is 7.39. The highest BCUT2D eigenvalue weighted by Crippen LogP contribution is 2.37. The summed E-state index contributed by atoms with van der Waals surface area (Å²) in [6.45, 7) is 1.91. The Balaban J connectivity index is 2.65. The van der Waals surface area contributed by atoms with Crippen molar-refractivity contribution in [1.29, 1.82) is 0 Å². The molecule has 0 saturated carbocycles. The maximum atomic E-state index is 12.1. The minimum absolute atomic E-state index is 0.135. The van der Waals surface area contributed by atoms with Crippen LogP contribution in [-0.4, -0.2) is 43.6 Å². The van der Waals surface area contributed by atoms with Crippen molar-refractivity contribution in [3.05, 3.63) is 17.8 Å². The van der Waals surface area contributed by atoms with Gasteiger partial charge in [0, 0.05) is 11.5 Å². The minimum atomic E-state index is -0.577. The molecular formula is C15H17ClN2O5. The van der Waals surface area contributed by atoms with Crippen LogP contribution in [0.2, 0.25) is 0 Å². The number of ether oxygens (including phenoxy) is 3. The summed E-state index contributed by atoms with van der Waals surface area (Å²) in [4.78, 5) is 26.7. The van der Waals surface area contributed by atoms with Crippen LogP contribution >= 0.6 is 11.6 Å². The van der Waals surface area contributed by atoms with Crippen molar-refractivity contribution in [3.8, 4) is 11.5 Å². The lowest BCUT2D eigenvalue weighted by atomic mass is 10.2. The summed E-state index contributed by atoms with van der Waals surface area (Å²) in [5.41, 5.74) is 1.02. The van der Waals surface area contributed by atoms with E-state index in [-0.39, 0.29) is 18.2 Å². The second-order valence-corrected chi connectivity index (χ2v) is 4.80. The molecule has 2 aromatic rings. The monoisotopic (exact) mass is 340 g/mol. The largest absolute Gasteiger partial charge is 0.493 e. The standard InChI is InChI=1S/C15H17ClN2O5/c1-4-23-15(20)14-13(18-12(19)7-16)8-5-10(21-2)11(22-3)6-9(8)17-14/h5-6,17H,4,7H2,1-3H3,(H,18,19). The van der Waals surface area contributed by atoms with Gasteiger partial charge in [0.25, 0.3) is 0 Å². The van der Waals surface area contributed by atoms with E-state index in [4.69, 9.17) is 25.8 Å². The van der Waals surface area contributed by atoms with E-state index in [9.17, 15) is 9.59 Å². The van der Waals surface area contributed by atoms with Crippen molar-refractivity contribution < 1.29 is 23.8 Å². The number of amides is 1. The van der Waals surface area contributed by atoms with Gasteiger partial charge in [-0.05, 0) is 13.0 Å². The van der Waals surface area contributed by atoms with Crippen LogP contribution < -0.4 is 14.8 Å². The van der Waals surface area contributed by atoms with Gasteiger partial charge < -0.3 is 24.5 Å². The van der Waals surface area contributed by atoms with E-state index in [0.29, 0.717) is 28.1 Å². The van der Waals surface area contributed by atoms with Gasteiger partial charge in [0.2, 0.25) is 5.91 Å². The Labute approximate surface area is 137 Å². The van der Waals surface area contributed by atoms with Gasteiger partial charge in [0.15, 0.2) is 11.5 Å². The molecule has 8 heteroatoms. The zero-order valence-corrected chi connectivity index (χ0v) is 13.7. The van der Waals surface area contributed by atoms with Crippen molar-refractivity contribution in [2.24, 2.45) is 0 Å². The third-order valence-corrected chi connectivity index (χ3v) is 3.41. The lowest BCUT2D eigenvalue weighted by molar-refractivity contribution is -0.113. The maximum absolute atomic E-state index is 12.1. The van der Waals surface area contributed by atoms with Crippen LogP contribution in [0.3, 0.4) is 0 Å². The van der Waals surface area contributed by atoms with Gasteiger partial charge in [-0.2, -0.15) is 0 Å². The Hall–Kier alpha value is -2.41. The molecule has 0 aliphatic heterocycles. The number of carbonyl (C=O) groups is 2. The maximum Gasteiger partial charge on any atom is 0.356 e. The summed E-state index contributed by atoms with van der Waals surface area (Å²) in [5, 5.41) is 3.20. The number of H-pyrrole nitrogens is 1. The molecule has 124 valence electrons. The summed E-state index contributed by atoms with van der Waals surface area (Å²) in [6, 6.07) is 3.34. The molecule has 1 aromatic carbocycles. The number of alkyl halides is 1. The number of aromatic nitrogens is 1. The fraction of sp³-hybridized carbons (Fsp3) is 0.333. The molecule has 23 heavy (non-hydrogen) atoms. The number of esters is 1. The number of aromatic amines is 1. The Morgan fingerprint density at radius 3 is 2.43 bits per heavy atom. The Kier molecular flexibility index (Phi) is 5.33.